The number of anilines is 1. The summed E-state index contributed by atoms with van der Waals surface area (Å²) in [5, 5.41) is 10.4. The molecule has 492 valence electrons. The molecule has 1 saturated carbocycles. The molecular weight excluding hydrogens is 1340 g/mol. The zero-order valence-corrected chi connectivity index (χ0v) is 52.5. The highest BCUT2D eigenvalue weighted by atomic mass is 35.5. The number of carbonyl (C=O) groups is 3. The number of halogens is 11. The predicted molar refractivity (Wildman–Crippen MR) is 305 cm³/mol. The molecule has 3 aromatic heterocycles. The third kappa shape index (κ3) is 15.6. The highest BCUT2D eigenvalue weighted by Gasteiger charge is 2.68. The van der Waals surface area contributed by atoms with E-state index < -0.39 is 217 Å². The number of nitrogens with zero attached hydrogens (tertiary/aromatic N) is 6. The van der Waals surface area contributed by atoms with Gasteiger partial charge in [0.25, 0.3) is 5.92 Å². The predicted octanol–water partition coefficient (Wildman–Crippen LogP) is 8.53. The van der Waals surface area contributed by atoms with Crippen LogP contribution in [0.4, 0.5) is 49.7 Å². The third-order valence-electron chi connectivity index (χ3n) is 14.7. The summed E-state index contributed by atoms with van der Waals surface area (Å²) in [5.41, 5.74) is -9.11. The number of hydrogen-bond donors (Lipinski definition) is 6. The Balaban J connectivity index is 1.34. The van der Waals surface area contributed by atoms with Crippen LogP contribution in [0.3, 0.4) is 0 Å². The summed E-state index contributed by atoms with van der Waals surface area (Å²) in [6.45, 7) is 2.64. The number of phosphoric ester groups is 1. The summed E-state index contributed by atoms with van der Waals surface area (Å²) in [4.78, 5) is 85.8. The van der Waals surface area contributed by atoms with Gasteiger partial charge in [0.15, 0.2) is 21.3 Å². The molecule has 0 aliphatic heterocycles. The van der Waals surface area contributed by atoms with Gasteiger partial charge in [-0.2, -0.15) is 49.6 Å². The quantitative estimate of drug-likeness (QED) is 0.0237. The number of nitrogens with one attached hydrogen (secondary N) is 2. The largest absolute Gasteiger partial charge is 0.524 e. The molecule has 3 heterocycles. The Kier molecular flexibility index (Phi) is 18.6. The van der Waals surface area contributed by atoms with Crippen molar-refractivity contribution in [3.05, 3.63) is 122 Å². The van der Waals surface area contributed by atoms with E-state index in [9.17, 15) is 81.5 Å². The van der Waals surface area contributed by atoms with E-state index in [1.165, 1.54) is 40.7 Å². The van der Waals surface area contributed by atoms with Crippen LogP contribution in [0.15, 0.2) is 54.6 Å². The van der Waals surface area contributed by atoms with Gasteiger partial charge in [0, 0.05) is 52.3 Å². The van der Waals surface area contributed by atoms with Crippen LogP contribution in [0, 0.1) is 36.3 Å². The number of benzene rings is 3. The molecule has 6 aromatic rings. The third-order valence-corrected chi connectivity index (χ3v) is 19.0. The number of amides is 3. The lowest BCUT2D eigenvalue weighted by Crippen LogP contribution is -2.40. The Morgan fingerprint density at radius 3 is 2.09 bits per heavy atom. The zero-order valence-electron chi connectivity index (χ0n) is 48.3. The zero-order chi connectivity index (χ0) is 68.1. The maximum atomic E-state index is 15.8. The second-order valence-corrected chi connectivity index (χ2v) is 30.6. The number of aryl methyl sites for hydroxylation is 1. The minimum atomic E-state index is -5.54. The molecule has 3 atom stereocenters. The molecule has 3 amide bonds. The number of fused-ring (bicyclic) bond motifs is 4. The fourth-order valence-corrected chi connectivity index (χ4v) is 12.9. The van der Waals surface area contributed by atoms with Gasteiger partial charge < -0.3 is 24.9 Å². The number of phosphoric acid groups is 1. The van der Waals surface area contributed by atoms with Crippen LogP contribution >= 0.6 is 27.0 Å². The van der Waals surface area contributed by atoms with Crippen LogP contribution in [0.25, 0.3) is 22.0 Å². The second-order valence-electron chi connectivity index (χ2n) is 23.0. The van der Waals surface area contributed by atoms with Gasteiger partial charge in [0.05, 0.1) is 40.3 Å². The Labute approximate surface area is 516 Å². The fraction of sp³-hybridized carbons (Fsp3) is 0.407. The van der Waals surface area contributed by atoms with Crippen molar-refractivity contribution in [3.8, 4) is 28.7 Å². The Morgan fingerprint density at radius 1 is 0.890 bits per heavy atom. The van der Waals surface area contributed by atoms with Crippen molar-refractivity contribution in [2.75, 3.05) is 23.1 Å². The van der Waals surface area contributed by atoms with E-state index in [2.05, 4.69) is 32.3 Å². The molecule has 1 fully saturated rings. The first kappa shape index (κ1) is 69.9. The molecule has 37 heteroatoms. The van der Waals surface area contributed by atoms with E-state index in [1.807, 2.05) is 5.32 Å². The lowest BCUT2D eigenvalue weighted by atomic mass is 9.77. The number of hydrogen-bond acceptors (Lipinski definition) is 13. The maximum absolute atomic E-state index is 15.8. The molecule has 2 aliphatic rings. The summed E-state index contributed by atoms with van der Waals surface area (Å²) in [7, 11) is -19.6. The van der Waals surface area contributed by atoms with Crippen LogP contribution in [0.1, 0.15) is 103 Å². The molecule has 0 bridgehead atoms. The number of alkyl halides is 8. The molecule has 1 unspecified atom stereocenters. The Morgan fingerprint density at radius 2 is 1.52 bits per heavy atom. The number of sulfone groups is 1. The molecule has 0 radical (unpaired) electrons. The SMILES string of the molecule is Cc1cc(CC(=O)NCP(=O)(O)O)c(C(C)(C)CC(=O)N(c2nn(CC(F)(F)F)c3c(-c4ccc(C#CC(C)(C)S(C)(=O)=O)nc4[C@H](Cc4cc(F)cc(F)c4)NC(=O)Cn4nc(C(F)(F)F)c5c4C(F)(F)[C@@H]4CC54)ccc(Cl)c23)S(C)(=O)=O)c(OP(=O)(O)O)c1. The molecular formula is C54H53ClF10N8O14P2S2. The average Bonchev–Trinajstić information content (AvgIpc) is 1.52. The summed E-state index contributed by atoms with van der Waals surface area (Å²) >= 11 is 6.80. The molecule has 2 aliphatic carbocycles. The first-order valence-electron chi connectivity index (χ1n) is 26.5. The van der Waals surface area contributed by atoms with Crippen LogP contribution in [-0.4, -0.2) is 108 Å². The van der Waals surface area contributed by atoms with Gasteiger partial charge in [-0.1, -0.05) is 43.5 Å². The monoisotopic (exact) mass is 1390 g/mol. The standard InChI is InChI=1S/C54H53ClF10N8O14P2S2/c1-26-14-28(19-39(74)66-25-88(77,78)79)44(38(15-26)87-89(80,81)82)50(2,3)22-41(76)73(91(7,85)86)49-43-36(55)11-10-33(46(43)72(70-49)24-52(58,59)60)32-9-8-31(12-13-51(4,5)90(6,83)84)67-45(32)37(18-27-16-29(56)20-30(57)17-27)68-40(75)23-71-48-42(47(69-71)54(63,64)65)34-21-35(34)53(48,61)62/h8-11,14-17,20,34-35,37H,18-19,21-25H2,1-7H3,(H,66,74)(H,68,75)(H2,77,78,79)(H2,80,81,82)/t34?,35-,37+/m1/s1. The molecule has 0 spiro atoms. The molecule has 91 heavy (non-hydrogen) atoms. The van der Waals surface area contributed by atoms with Gasteiger partial charge in [0.2, 0.25) is 27.7 Å². The van der Waals surface area contributed by atoms with Gasteiger partial charge in [-0.25, -0.2) is 35.2 Å². The van der Waals surface area contributed by atoms with E-state index >= 15 is 22.4 Å². The summed E-state index contributed by atoms with van der Waals surface area (Å²) in [5.74, 6) is -9.98. The molecule has 6 N–H and O–H groups in total. The molecule has 22 nitrogen and oxygen atoms in total. The topological polar surface area (TPSA) is 320 Å². The number of sulfonamides is 1. The lowest BCUT2D eigenvalue weighted by Gasteiger charge is -2.31. The van der Waals surface area contributed by atoms with Crippen molar-refractivity contribution in [3.63, 3.8) is 0 Å². The highest BCUT2D eigenvalue weighted by Crippen LogP contribution is 2.68. The van der Waals surface area contributed by atoms with E-state index in [1.54, 1.807) is 0 Å². The minimum Gasteiger partial charge on any atom is -0.404 e. The van der Waals surface area contributed by atoms with Crippen molar-refractivity contribution in [1.29, 1.82) is 0 Å². The molecule has 3 aromatic carbocycles. The number of carbonyl (C=O) groups excluding carboxylic acids is 3. The second kappa shape index (κ2) is 24.2. The summed E-state index contributed by atoms with van der Waals surface area (Å²) < 4.78 is 231. The summed E-state index contributed by atoms with van der Waals surface area (Å²) in [6, 6.07) is 6.51. The Hall–Kier alpha value is -6.95. The van der Waals surface area contributed by atoms with Crippen LogP contribution in [0.2, 0.25) is 5.02 Å². The normalized spacial score (nSPS) is 16.4. The van der Waals surface area contributed by atoms with Crippen LogP contribution in [-0.2, 0) is 86.8 Å². The van der Waals surface area contributed by atoms with Gasteiger partial charge in [0.1, 0.15) is 52.9 Å². The molecule has 0 saturated heterocycles. The number of pyridine rings is 1. The highest BCUT2D eigenvalue weighted by molar-refractivity contribution is 7.93. The van der Waals surface area contributed by atoms with Gasteiger partial charge in [-0.05, 0) is 98.5 Å². The maximum Gasteiger partial charge on any atom is 0.524 e. The number of aromatic nitrogens is 5. The summed E-state index contributed by atoms with van der Waals surface area (Å²) in [6.07, 6.45) is -13.6. The van der Waals surface area contributed by atoms with Crippen molar-refractivity contribution in [2.24, 2.45) is 5.92 Å². The van der Waals surface area contributed by atoms with Crippen molar-refractivity contribution >= 4 is 81.3 Å². The minimum absolute atomic E-state index is 0.0597. The average molecular weight is 1390 g/mol. The smallest absolute Gasteiger partial charge is 0.404 e. The van der Waals surface area contributed by atoms with Crippen molar-refractivity contribution in [2.45, 2.75) is 114 Å². The van der Waals surface area contributed by atoms with E-state index in [0.717, 1.165) is 48.7 Å². The van der Waals surface area contributed by atoms with E-state index in [4.69, 9.17) is 16.1 Å². The van der Waals surface area contributed by atoms with Gasteiger partial charge in [-0.3, -0.25) is 38.1 Å². The first-order valence-corrected chi connectivity index (χ1v) is 33.9. The Bertz CT molecular complexity index is 4390. The molecule has 8 rings (SSSR count). The lowest BCUT2D eigenvalue weighted by molar-refractivity contribution is -0.143. The fourth-order valence-electron chi connectivity index (χ4n) is 10.8. The first-order chi connectivity index (χ1) is 41.5. The van der Waals surface area contributed by atoms with Crippen LogP contribution < -0.4 is 19.5 Å². The van der Waals surface area contributed by atoms with Crippen molar-refractivity contribution in [1.82, 2.24) is 35.2 Å². The van der Waals surface area contributed by atoms with Crippen LogP contribution in [0.5, 0.6) is 5.75 Å². The van der Waals surface area contributed by atoms with Gasteiger partial charge >= 0.3 is 27.8 Å². The van der Waals surface area contributed by atoms with Crippen molar-refractivity contribution < 1.29 is 108 Å². The number of rotatable bonds is 20. The van der Waals surface area contributed by atoms with E-state index in [-0.39, 0.29) is 42.3 Å². The van der Waals surface area contributed by atoms with Gasteiger partial charge in [-0.15, -0.1) is 0 Å². The van der Waals surface area contributed by atoms with E-state index in [0.29, 0.717) is 12.3 Å².